The van der Waals surface area contributed by atoms with Crippen molar-refractivity contribution < 1.29 is 0 Å². The summed E-state index contributed by atoms with van der Waals surface area (Å²) in [5.74, 6) is 0. The molecule has 0 amide bonds. The van der Waals surface area contributed by atoms with Gasteiger partial charge in [-0.05, 0) is 12.5 Å². The smallest absolute Gasteiger partial charge is 0.0320 e. The molecule has 0 radical (unpaired) electrons. The number of hydrogen-bond acceptors (Lipinski definition) is 1. The predicted molar refractivity (Wildman–Crippen MR) is 54.4 cm³/mol. The molecule has 1 aromatic carbocycles. The van der Waals surface area contributed by atoms with Gasteiger partial charge in [-0.2, -0.15) is 0 Å². The van der Waals surface area contributed by atoms with Gasteiger partial charge in [-0.1, -0.05) is 43.0 Å². The lowest BCUT2D eigenvalue weighted by atomic mass is 10.0. The lowest BCUT2D eigenvalue weighted by Crippen LogP contribution is -1.97. The van der Waals surface area contributed by atoms with E-state index in [9.17, 15) is 0 Å². The SMILES string of the molecule is C=C(C)c1ccccc1C(=C)N. The van der Waals surface area contributed by atoms with E-state index in [1.165, 1.54) is 0 Å². The maximum atomic E-state index is 5.62. The fourth-order valence-corrected chi connectivity index (χ4v) is 1.14. The fraction of sp³-hybridized carbons (Fsp3) is 0.0909. The molecule has 1 heteroatoms. The van der Waals surface area contributed by atoms with Crippen LogP contribution in [0.3, 0.4) is 0 Å². The summed E-state index contributed by atoms with van der Waals surface area (Å²) in [6.45, 7) is 9.54. The molecule has 2 N–H and O–H groups in total. The molecule has 0 saturated carbocycles. The van der Waals surface area contributed by atoms with Crippen molar-refractivity contribution in [1.29, 1.82) is 0 Å². The largest absolute Gasteiger partial charge is 0.399 e. The molecule has 0 aliphatic carbocycles. The third kappa shape index (κ3) is 1.56. The maximum Gasteiger partial charge on any atom is 0.0320 e. The van der Waals surface area contributed by atoms with Crippen molar-refractivity contribution >= 4 is 11.3 Å². The zero-order chi connectivity index (χ0) is 9.14. The molecule has 62 valence electrons. The van der Waals surface area contributed by atoms with Crippen LogP contribution in [0.2, 0.25) is 0 Å². The molecule has 0 aromatic heterocycles. The summed E-state index contributed by atoms with van der Waals surface area (Å²) >= 11 is 0. The highest BCUT2D eigenvalue weighted by Gasteiger charge is 2.01. The van der Waals surface area contributed by atoms with Gasteiger partial charge in [0.15, 0.2) is 0 Å². The van der Waals surface area contributed by atoms with E-state index in [1.807, 2.05) is 31.2 Å². The fourth-order valence-electron chi connectivity index (χ4n) is 1.14. The van der Waals surface area contributed by atoms with Crippen molar-refractivity contribution in [2.45, 2.75) is 6.92 Å². The molecule has 0 unspecified atom stereocenters. The van der Waals surface area contributed by atoms with E-state index in [4.69, 9.17) is 5.73 Å². The molecule has 1 nitrogen and oxygen atoms in total. The average molecular weight is 159 g/mol. The van der Waals surface area contributed by atoms with Crippen LogP contribution in [0.4, 0.5) is 0 Å². The third-order valence-electron chi connectivity index (χ3n) is 1.73. The van der Waals surface area contributed by atoms with Crippen molar-refractivity contribution in [2.75, 3.05) is 0 Å². The van der Waals surface area contributed by atoms with Gasteiger partial charge < -0.3 is 5.73 Å². The molecule has 0 aliphatic rings. The maximum absolute atomic E-state index is 5.62. The van der Waals surface area contributed by atoms with E-state index >= 15 is 0 Å². The van der Waals surface area contributed by atoms with E-state index in [2.05, 4.69) is 13.2 Å². The van der Waals surface area contributed by atoms with Crippen molar-refractivity contribution in [1.82, 2.24) is 0 Å². The quantitative estimate of drug-likeness (QED) is 0.705. The molecule has 0 aliphatic heterocycles. The average Bonchev–Trinajstić information content (AvgIpc) is 2.04. The number of allylic oxidation sites excluding steroid dienone is 1. The first-order valence-corrected chi connectivity index (χ1v) is 3.82. The van der Waals surface area contributed by atoms with E-state index in [1.54, 1.807) is 0 Å². The minimum absolute atomic E-state index is 0.591. The molecule has 0 bridgehead atoms. The minimum Gasteiger partial charge on any atom is -0.399 e. The zero-order valence-electron chi connectivity index (χ0n) is 7.30. The normalized spacial score (nSPS) is 9.42. The number of benzene rings is 1. The Morgan fingerprint density at radius 2 is 1.67 bits per heavy atom. The Kier molecular flexibility index (Phi) is 2.34. The number of hydrogen-bond donors (Lipinski definition) is 1. The van der Waals surface area contributed by atoms with Crippen molar-refractivity contribution in [3.05, 3.63) is 48.6 Å². The highest BCUT2D eigenvalue weighted by molar-refractivity contribution is 5.75. The molecule has 1 aromatic rings. The van der Waals surface area contributed by atoms with Crippen LogP contribution < -0.4 is 5.73 Å². The molecular formula is C11H13N. The monoisotopic (exact) mass is 159 g/mol. The number of rotatable bonds is 2. The standard InChI is InChI=1S/C11H13N/c1-8(2)10-6-4-5-7-11(10)9(3)12/h4-7H,1,3,12H2,2H3. The lowest BCUT2D eigenvalue weighted by Gasteiger charge is -2.07. The molecule has 12 heavy (non-hydrogen) atoms. The topological polar surface area (TPSA) is 26.0 Å². The second-order valence-electron chi connectivity index (χ2n) is 2.85. The lowest BCUT2D eigenvalue weighted by molar-refractivity contribution is 1.47. The summed E-state index contributed by atoms with van der Waals surface area (Å²) in [7, 11) is 0. The molecule has 0 spiro atoms. The second-order valence-corrected chi connectivity index (χ2v) is 2.85. The van der Waals surface area contributed by atoms with Crippen LogP contribution in [0.15, 0.2) is 37.4 Å². The Morgan fingerprint density at radius 1 is 1.17 bits per heavy atom. The molecule has 0 heterocycles. The van der Waals surface area contributed by atoms with Gasteiger partial charge in [-0.3, -0.25) is 0 Å². The van der Waals surface area contributed by atoms with Gasteiger partial charge in [0, 0.05) is 11.3 Å². The Labute approximate surface area is 73.2 Å². The van der Waals surface area contributed by atoms with Gasteiger partial charge in [-0.15, -0.1) is 0 Å². The first kappa shape index (κ1) is 8.60. The summed E-state index contributed by atoms with van der Waals surface area (Å²) in [4.78, 5) is 0. The Balaban J connectivity index is 3.27. The Bertz CT molecular complexity index is 291. The molecular weight excluding hydrogens is 146 g/mol. The van der Waals surface area contributed by atoms with Crippen LogP contribution in [0.1, 0.15) is 18.1 Å². The summed E-state index contributed by atoms with van der Waals surface area (Å²) in [6.07, 6.45) is 0. The molecule has 0 atom stereocenters. The van der Waals surface area contributed by atoms with E-state index < -0.39 is 0 Å². The summed E-state index contributed by atoms with van der Waals surface area (Å²) in [6, 6.07) is 7.86. The second kappa shape index (κ2) is 3.26. The van der Waals surface area contributed by atoms with Crippen LogP contribution in [0.25, 0.3) is 11.3 Å². The van der Waals surface area contributed by atoms with Crippen LogP contribution in [-0.4, -0.2) is 0 Å². The first-order chi connectivity index (χ1) is 5.63. The predicted octanol–water partition coefficient (Wildman–Crippen LogP) is 2.65. The zero-order valence-corrected chi connectivity index (χ0v) is 7.30. The van der Waals surface area contributed by atoms with Gasteiger partial charge in [0.1, 0.15) is 0 Å². The van der Waals surface area contributed by atoms with E-state index in [-0.39, 0.29) is 0 Å². The molecule has 1 rings (SSSR count). The van der Waals surface area contributed by atoms with Crippen LogP contribution in [-0.2, 0) is 0 Å². The minimum atomic E-state index is 0.591. The van der Waals surface area contributed by atoms with Gasteiger partial charge in [0.2, 0.25) is 0 Å². The Morgan fingerprint density at radius 3 is 2.00 bits per heavy atom. The third-order valence-corrected chi connectivity index (χ3v) is 1.73. The highest BCUT2D eigenvalue weighted by atomic mass is 14.6. The van der Waals surface area contributed by atoms with Crippen LogP contribution in [0, 0.1) is 0 Å². The first-order valence-electron chi connectivity index (χ1n) is 3.82. The summed E-state index contributed by atoms with van der Waals surface area (Å²) in [5.41, 5.74) is 9.27. The number of nitrogens with two attached hydrogens (primary N) is 1. The van der Waals surface area contributed by atoms with E-state index in [0.29, 0.717) is 5.70 Å². The van der Waals surface area contributed by atoms with Gasteiger partial charge in [0.05, 0.1) is 0 Å². The van der Waals surface area contributed by atoms with Crippen molar-refractivity contribution in [3.8, 4) is 0 Å². The summed E-state index contributed by atoms with van der Waals surface area (Å²) in [5, 5.41) is 0. The van der Waals surface area contributed by atoms with Crippen molar-refractivity contribution in [3.63, 3.8) is 0 Å². The van der Waals surface area contributed by atoms with Gasteiger partial charge in [-0.25, -0.2) is 0 Å². The van der Waals surface area contributed by atoms with Gasteiger partial charge in [0.25, 0.3) is 0 Å². The van der Waals surface area contributed by atoms with Crippen LogP contribution >= 0.6 is 0 Å². The van der Waals surface area contributed by atoms with Gasteiger partial charge >= 0.3 is 0 Å². The molecule has 0 saturated heterocycles. The van der Waals surface area contributed by atoms with Crippen molar-refractivity contribution in [2.24, 2.45) is 5.73 Å². The van der Waals surface area contributed by atoms with Crippen LogP contribution in [0.5, 0.6) is 0 Å². The highest BCUT2D eigenvalue weighted by Crippen LogP contribution is 2.20. The molecule has 0 fully saturated rings. The van der Waals surface area contributed by atoms with E-state index in [0.717, 1.165) is 16.7 Å². The summed E-state index contributed by atoms with van der Waals surface area (Å²) < 4.78 is 0. The Hall–Kier alpha value is -1.50.